The largest absolute Gasteiger partial charge is 0.496 e. The summed E-state index contributed by atoms with van der Waals surface area (Å²) in [5, 5.41) is 0. The van der Waals surface area contributed by atoms with Crippen molar-refractivity contribution < 1.29 is 9.53 Å². The number of hydrogen-bond acceptors (Lipinski definition) is 2. The first-order chi connectivity index (χ1) is 7.47. The number of urea groups is 1. The van der Waals surface area contributed by atoms with Gasteiger partial charge in [-0.25, -0.2) is 4.79 Å². The Balaban J connectivity index is 3.16. The Kier molecular flexibility index (Phi) is 3.77. The maximum Gasteiger partial charge on any atom is 0.318 e. The van der Waals surface area contributed by atoms with Gasteiger partial charge in [0, 0.05) is 12.7 Å². The number of nitrogens with two attached hydrogens (primary N) is 1. The zero-order valence-electron chi connectivity index (χ0n) is 10.2. The van der Waals surface area contributed by atoms with E-state index in [1.807, 2.05) is 18.2 Å². The first-order valence-corrected chi connectivity index (χ1v) is 5.18. The highest BCUT2D eigenvalue weighted by atomic mass is 16.5. The molecule has 0 aliphatic rings. The van der Waals surface area contributed by atoms with Crippen LogP contribution in [0.3, 0.4) is 0 Å². The van der Waals surface area contributed by atoms with E-state index in [2.05, 4.69) is 13.8 Å². The van der Waals surface area contributed by atoms with E-state index >= 15 is 0 Å². The predicted octanol–water partition coefficient (Wildman–Crippen LogP) is 2.33. The fourth-order valence-electron chi connectivity index (χ4n) is 1.51. The van der Waals surface area contributed by atoms with Gasteiger partial charge < -0.3 is 10.5 Å². The summed E-state index contributed by atoms with van der Waals surface area (Å²) < 4.78 is 5.27. The molecule has 0 saturated carbocycles. The Morgan fingerprint density at radius 2 is 2.06 bits per heavy atom. The summed E-state index contributed by atoms with van der Waals surface area (Å²) in [6.45, 7) is 4.15. The molecule has 1 rings (SSSR count). The van der Waals surface area contributed by atoms with Crippen molar-refractivity contribution in [3.05, 3.63) is 23.8 Å². The highest BCUT2D eigenvalue weighted by Crippen LogP contribution is 2.30. The van der Waals surface area contributed by atoms with Crippen LogP contribution in [-0.4, -0.2) is 20.2 Å². The number of carbonyl (C=O) groups excluding carboxylic acids is 1. The van der Waals surface area contributed by atoms with Gasteiger partial charge in [0.2, 0.25) is 0 Å². The minimum absolute atomic E-state index is 0.330. The molecular weight excluding hydrogens is 204 g/mol. The van der Waals surface area contributed by atoms with Crippen LogP contribution in [-0.2, 0) is 0 Å². The van der Waals surface area contributed by atoms with Crippen LogP contribution in [0, 0.1) is 0 Å². The van der Waals surface area contributed by atoms with Gasteiger partial charge in [-0.3, -0.25) is 4.90 Å². The molecular formula is C12H18N2O2. The molecule has 0 aliphatic carbocycles. The average Bonchev–Trinajstić information content (AvgIpc) is 2.26. The van der Waals surface area contributed by atoms with Gasteiger partial charge in [0.15, 0.2) is 0 Å². The van der Waals surface area contributed by atoms with Crippen LogP contribution in [0.25, 0.3) is 0 Å². The van der Waals surface area contributed by atoms with Crippen LogP contribution in [0.4, 0.5) is 10.5 Å². The molecule has 1 aromatic carbocycles. The first kappa shape index (κ1) is 12.4. The molecule has 2 amide bonds. The number of amides is 2. The first-order valence-electron chi connectivity index (χ1n) is 5.18. The summed E-state index contributed by atoms with van der Waals surface area (Å²) in [5.74, 6) is 1.16. The standard InChI is InChI=1S/C12H18N2O2/c1-8(2)10-7-9(14(3)12(13)15)5-6-11(10)16-4/h5-8H,1-4H3,(H2,13,15). The number of ether oxygens (including phenoxy) is 1. The number of methoxy groups -OCH3 is 1. The van der Waals surface area contributed by atoms with E-state index in [1.165, 1.54) is 4.90 Å². The van der Waals surface area contributed by atoms with Gasteiger partial charge in [0.25, 0.3) is 0 Å². The zero-order valence-corrected chi connectivity index (χ0v) is 10.2. The van der Waals surface area contributed by atoms with E-state index in [9.17, 15) is 4.79 Å². The van der Waals surface area contributed by atoms with E-state index in [0.29, 0.717) is 5.92 Å². The van der Waals surface area contributed by atoms with Crippen LogP contribution >= 0.6 is 0 Å². The van der Waals surface area contributed by atoms with Crippen LogP contribution < -0.4 is 15.4 Å². The summed E-state index contributed by atoms with van der Waals surface area (Å²) in [4.78, 5) is 12.5. The quantitative estimate of drug-likeness (QED) is 0.853. The van der Waals surface area contributed by atoms with Gasteiger partial charge in [-0.1, -0.05) is 13.8 Å². The normalized spacial score (nSPS) is 10.3. The molecule has 0 unspecified atom stereocenters. The Morgan fingerprint density at radius 3 is 2.50 bits per heavy atom. The molecule has 16 heavy (non-hydrogen) atoms. The number of carbonyl (C=O) groups is 1. The molecule has 0 radical (unpaired) electrons. The van der Waals surface area contributed by atoms with Crippen molar-refractivity contribution in [3.8, 4) is 5.75 Å². The van der Waals surface area contributed by atoms with Gasteiger partial charge in [0.1, 0.15) is 5.75 Å². The van der Waals surface area contributed by atoms with Crippen molar-refractivity contribution in [2.45, 2.75) is 19.8 Å². The minimum atomic E-state index is -0.472. The number of rotatable bonds is 3. The highest BCUT2D eigenvalue weighted by molar-refractivity contribution is 5.90. The molecule has 0 aromatic heterocycles. The topological polar surface area (TPSA) is 55.6 Å². The monoisotopic (exact) mass is 222 g/mol. The number of nitrogens with zero attached hydrogens (tertiary/aromatic N) is 1. The van der Waals surface area contributed by atoms with E-state index in [4.69, 9.17) is 10.5 Å². The van der Waals surface area contributed by atoms with Crippen LogP contribution in [0.15, 0.2) is 18.2 Å². The molecule has 0 saturated heterocycles. The van der Waals surface area contributed by atoms with Crippen molar-refractivity contribution in [2.75, 3.05) is 19.1 Å². The maximum atomic E-state index is 11.1. The molecule has 0 heterocycles. The fourth-order valence-corrected chi connectivity index (χ4v) is 1.51. The summed E-state index contributed by atoms with van der Waals surface area (Å²) >= 11 is 0. The molecule has 2 N–H and O–H groups in total. The van der Waals surface area contributed by atoms with Crippen molar-refractivity contribution in [1.82, 2.24) is 0 Å². The molecule has 0 atom stereocenters. The van der Waals surface area contributed by atoms with E-state index < -0.39 is 6.03 Å². The van der Waals surface area contributed by atoms with Crippen LogP contribution in [0.2, 0.25) is 0 Å². The summed E-state index contributed by atoms with van der Waals surface area (Å²) in [6.07, 6.45) is 0. The number of primary amides is 1. The number of benzene rings is 1. The van der Waals surface area contributed by atoms with Crippen LogP contribution in [0.1, 0.15) is 25.3 Å². The Morgan fingerprint density at radius 1 is 1.44 bits per heavy atom. The summed E-state index contributed by atoms with van der Waals surface area (Å²) in [5.41, 5.74) is 7.06. The van der Waals surface area contributed by atoms with E-state index in [0.717, 1.165) is 17.0 Å². The molecule has 0 aliphatic heterocycles. The van der Waals surface area contributed by atoms with Crippen molar-refractivity contribution in [1.29, 1.82) is 0 Å². The third-order valence-corrected chi connectivity index (χ3v) is 2.55. The minimum Gasteiger partial charge on any atom is -0.496 e. The Bertz CT molecular complexity index is 389. The maximum absolute atomic E-state index is 11.1. The second-order valence-corrected chi connectivity index (χ2v) is 3.98. The lowest BCUT2D eigenvalue weighted by Gasteiger charge is -2.18. The molecule has 0 spiro atoms. The molecule has 0 bridgehead atoms. The molecule has 1 aromatic rings. The lowest BCUT2D eigenvalue weighted by molar-refractivity contribution is 0.255. The summed E-state index contributed by atoms with van der Waals surface area (Å²) in [7, 11) is 3.28. The lowest BCUT2D eigenvalue weighted by atomic mass is 10.0. The van der Waals surface area contributed by atoms with E-state index in [-0.39, 0.29) is 0 Å². The zero-order chi connectivity index (χ0) is 12.3. The smallest absolute Gasteiger partial charge is 0.318 e. The fraction of sp³-hybridized carbons (Fsp3) is 0.417. The molecule has 0 fully saturated rings. The van der Waals surface area contributed by atoms with Gasteiger partial charge in [-0.05, 0) is 29.7 Å². The Labute approximate surface area is 96.0 Å². The second kappa shape index (κ2) is 4.88. The van der Waals surface area contributed by atoms with Gasteiger partial charge in [-0.15, -0.1) is 0 Å². The van der Waals surface area contributed by atoms with Crippen molar-refractivity contribution >= 4 is 11.7 Å². The highest BCUT2D eigenvalue weighted by Gasteiger charge is 2.12. The van der Waals surface area contributed by atoms with Gasteiger partial charge in [0.05, 0.1) is 7.11 Å². The molecule has 4 heteroatoms. The summed E-state index contributed by atoms with van der Waals surface area (Å²) in [6, 6.07) is 5.12. The predicted molar refractivity (Wildman–Crippen MR) is 65.1 cm³/mol. The average molecular weight is 222 g/mol. The third kappa shape index (κ3) is 2.45. The lowest BCUT2D eigenvalue weighted by Crippen LogP contribution is -2.31. The number of anilines is 1. The third-order valence-electron chi connectivity index (χ3n) is 2.55. The van der Waals surface area contributed by atoms with E-state index in [1.54, 1.807) is 14.2 Å². The molecule has 4 nitrogen and oxygen atoms in total. The Hall–Kier alpha value is -1.71. The molecule has 88 valence electrons. The second-order valence-electron chi connectivity index (χ2n) is 3.98. The van der Waals surface area contributed by atoms with Gasteiger partial charge >= 0.3 is 6.03 Å². The van der Waals surface area contributed by atoms with Crippen LogP contribution in [0.5, 0.6) is 5.75 Å². The SMILES string of the molecule is COc1ccc(N(C)C(N)=O)cc1C(C)C. The van der Waals surface area contributed by atoms with Gasteiger partial charge in [-0.2, -0.15) is 0 Å². The van der Waals surface area contributed by atoms with Crippen molar-refractivity contribution in [2.24, 2.45) is 5.73 Å². The van der Waals surface area contributed by atoms with Crippen molar-refractivity contribution in [3.63, 3.8) is 0 Å². The number of hydrogen-bond donors (Lipinski definition) is 1.